The predicted octanol–water partition coefficient (Wildman–Crippen LogP) is 3.82. The molecule has 0 spiro atoms. The molecular weight excluding hydrogens is 284 g/mol. The Labute approximate surface area is 139 Å². The lowest BCUT2D eigenvalue weighted by Gasteiger charge is -2.17. The van der Waals surface area contributed by atoms with Crippen LogP contribution in [-0.4, -0.2) is 37.0 Å². The number of hydrogen-bond donors (Lipinski definition) is 1. The van der Waals surface area contributed by atoms with Crippen LogP contribution < -0.4 is 5.32 Å². The van der Waals surface area contributed by atoms with Crippen LogP contribution in [0.1, 0.15) is 30.6 Å². The molecule has 3 nitrogen and oxygen atoms in total. The molecule has 0 saturated carbocycles. The van der Waals surface area contributed by atoms with Crippen LogP contribution in [0.5, 0.6) is 0 Å². The van der Waals surface area contributed by atoms with Gasteiger partial charge < -0.3 is 10.2 Å². The zero-order valence-corrected chi connectivity index (χ0v) is 14.1. The minimum absolute atomic E-state index is 0.00385. The maximum atomic E-state index is 12.2. The van der Waals surface area contributed by atoms with E-state index in [-0.39, 0.29) is 5.91 Å². The lowest BCUT2D eigenvalue weighted by Crippen LogP contribution is -2.29. The van der Waals surface area contributed by atoms with E-state index in [0.29, 0.717) is 5.56 Å². The van der Waals surface area contributed by atoms with E-state index >= 15 is 0 Å². The molecule has 3 heteroatoms. The van der Waals surface area contributed by atoms with Crippen molar-refractivity contribution in [1.82, 2.24) is 10.2 Å². The van der Waals surface area contributed by atoms with Crippen LogP contribution in [0.15, 0.2) is 54.6 Å². The number of benzene rings is 2. The van der Waals surface area contributed by atoms with E-state index in [1.165, 1.54) is 5.56 Å². The molecule has 1 N–H and O–H groups in total. The Morgan fingerprint density at radius 3 is 2.13 bits per heavy atom. The molecule has 0 saturated heterocycles. The smallest absolute Gasteiger partial charge is 0.251 e. The van der Waals surface area contributed by atoms with Crippen molar-refractivity contribution in [1.29, 1.82) is 0 Å². The van der Waals surface area contributed by atoms with E-state index in [9.17, 15) is 4.79 Å². The predicted molar refractivity (Wildman–Crippen MR) is 96.6 cm³/mol. The number of amides is 1. The van der Waals surface area contributed by atoms with Crippen molar-refractivity contribution in [2.75, 3.05) is 26.2 Å². The van der Waals surface area contributed by atoms with Crippen molar-refractivity contribution >= 4 is 5.91 Å². The Kier molecular flexibility index (Phi) is 6.82. The third kappa shape index (κ3) is 5.22. The summed E-state index contributed by atoms with van der Waals surface area (Å²) in [5.41, 5.74) is 3.01. The van der Waals surface area contributed by atoms with Gasteiger partial charge in [-0.2, -0.15) is 0 Å². The zero-order chi connectivity index (χ0) is 16.5. The number of carbonyl (C=O) groups is 1. The molecule has 0 aliphatic rings. The first kappa shape index (κ1) is 17.2. The maximum absolute atomic E-state index is 12.2. The Bertz CT molecular complexity index is 589. The van der Waals surface area contributed by atoms with Crippen LogP contribution in [0, 0.1) is 0 Å². The lowest BCUT2D eigenvalue weighted by molar-refractivity contribution is 0.0952. The Balaban J connectivity index is 1.84. The van der Waals surface area contributed by atoms with Crippen molar-refractivity contribution in [2.24, 2.45) is 0 Å². The molecule has 122 valence electrons. The highest BCUT2D eigenvalue weighted by atomic mass is 16.1. The molecule has 0 bridgehead atoms. The van der Waals surface area contributed by atoms with Gasteiger partial charge in [-0.25, -0.2) is 0 Å². The minimum atomic E-state index is 0.00385. The zero-order valence-electron chi connectivity index (χ0n) is 14.1. The lowest BCUT2D eigenvalue weighted by atomic mass is 10.0. The Morgan fingerprint density at radius 1 is 0.913 bits per heavy atom. The second-order valence-corrected chi connectivity index (χ2v) is 5.58. The van der Waals surface area contributed by atoms with Crippen molar-refractivity contribution in [3.63, 3.8) is 0 Å². The molecule has 0 aromatic heterocycles. The van der Waals surface area contributed by atoms with Gasteiger partial charge in [-0.3, -0.25) is 4.79 Å². The highest BCUT2D eigenvalue weighted by Gasteiger charge is 2.06. The highest BCUT2D eigenvalue weighted by molar-refractivity contribution is 5.94. The van der Waals surface area contributed by atoms with E-state index in [0.717, 1.165) is 38.2 Å². The quantitative estimate of drug-likeness (QED) is 0.752. The van der Waals surface area contributed by atoms with Crippen molar-refractivity contribution in [2.45, 2.75) is 20.3 Å². The summed E-state index contributed by atoms with van der Waals surface area (Å²) in [7, 11) is 0. The number of nitrogens with one attached hydrogen (secondary N) is 1. The Hall–Kier alpha value is -2.13. The largest absolute Gasteiger partial charge is 0.352 e. The molecule has 2 aromatic rings. The van der Waals surface area contributed by atoms with Crippen LogP contribution in [0.2, 0.25) is 0 Å². The molecule has 0 atom stereocenters. The third-order valence-corrected chi connectivity index (χ3v) is 4.09. The average molecular weight is 310 g/mol. The molecule has 1 amide bonds. The second-order valence-electron chi connectivity index (χ2n) is 5.58. The fraction of sp³-hybridized carbons (Fsp3) is 0.350. The van der Waals surface area contributed by atoms with Gasteiger partial charge in [-0.15, -0.1) is 0 Å². The van der Waals surface area contributed by atoms with Gasteiger partial charge in [0, 0.05) is 12.1 Å². The van der Waals surface area contributed by atoms with E-state index in [2.05, 4.69) is 36.2 Å². The molecular formula is C20H26N2O. The number of hydrogen-bond acceptors (Lipinski definition) is 2. The summed E-state index contributed by atoms with van der Waals surface area (Å²) in [5.74, 6) is 0.00385. The van der Waals surface area contributed by atoms with Crippen LogP contribution in [0.25, 0.3) is 11.1 Å². The van der Waals surface area contributed by atoms with Crippen LogP contribution in [-0.2, 0) is 0 Å². The summed E-state index contributed by atoms with van der Waals surface area (Å²) in [6.07, 6.45) is 0.982. The highest BCUT2D eigenvalue weighted by Crippen LogP contribution is 2.19. The fourth-order valence-corrected chi connectivity index (χ4v) is 2.59. The summed E-state index contributed by atoms with van der Waals surface area (Å²) in [5, 5.41) is 3.00. The van der Waals surface area contributed by atoms with Crippen LogP contribution in [0.3, 0.4) is 0 Å². The molecule has 2 aromatic carbocycles. The van der Waals surface area contributed by atoms with Gasteiger partial charge >= 0.3 is 0 Å². The van der Waals surface area contributed by atoms with Crippen molar-refractivity contribution in [3.8, 4) is 11.1 Å². The summed E-state index contributed by atoms with van der Waals surface area (Å²) >= 11 is 0. The number of carbonyl (C=O) groups excluding carboxylic acids is 1. The second kappa shape index (κ2) is 9.11. The Morgan fingerprint density at radius 2 is 1.52 bits per heavy atom. The monoisotopic (exact) mass is 310 g/mol. The van der Waals surface area contributed by atoms with E-state index in [1.54, 1.807) is 0 Å². The molecule has 23 heavy (non-hydrogen) atoms. The fourth-order valence-electron chi connectivity index (χ4n) is 2.59. The van der Waals surface area contributed by atoms with Gasteiger partial charge in [-0.05, 0) is 49.3 Å². The molecule has 0 fully saturated rings. The normalized spacial score (nSPS) is 10.7. The summed E-state index contributed by atoms with van der Waals surface area (Å²) in [4.78, 5) is 14.5. The standard InChI is InChI=1S/C20H26N2O/c1-3-22(4-2)16-8-15-21-20(23)19-13-11-18(12-14-19)17-9-6-5-7-10-17/h5-7,9-14H,3-4,8,15-16H2,1-2H3,(H,21,23). The SMILES string of the molecule is CCN(CC)CCCNC(=O)c1ccc(-c2ccccc2)cc1. The molecule has 0 unspecified atom stereocenters. The topological polar surface area (TPSA) is 32.3 Å². The van der Waals surface area contributed by atoms with Gasteiger partial charge in [0.2, 0.25) is 0 Å². The summed E-state index contributed by atoms with van der Waals surface area (Å²) in [6, 6.07) is 18.0. The van der Waals surface area contributed by atoms with Crippen LogP contribution >= 0.6 is 0 Å². The molecule has 0 radical (unpaired) electrons. The average Bonchev–Trinajstić information content (AvgIpc) is 2.62. The maximum Gasteiger partial charge on any atom is 0.251 e. The number of nitrogens with zero attached hydrogens (tertiary/aromatic N) is 1. The third-order valence-electron chi connectivity index (χ3n) is 4.09. The van der Waals surface area contributed by atoms with E-state index in [4.69, 9.17) is 0 Å². The number of rotatable bonds is 8. The van der Waals surface area contributed by atoms with Gasteiger partial charge in [0.25, 0.3) is 5.91 Å². The van der Waals surface area contributed by atoms with Gasteiger partial charge in [0.1, 0.15) is 0 Å². The summed E-state index contributed by atoms with van der Waals surface area (Å²) < 4.78 is 0. The molecule has 2 rings (SSSR count). The first-order chi connectivity index (χ1) is 11.2. The van der Waals surface area contributed by atoms with Crippen molar-refractivity contribution in [3.05, 3.63) is 60.2 Å². The minimum Gasteiger partial charge on any atom is -0.352 e. The van der Waals surface area contributed by atoms with Gasteiger partial charge in [0.05, 0.1) is 0 Å². The first-order valence-corrected chi connectivity index (χ1v) is 8.40. The first-order valence-electron chi connectivity index (χ1n) is 8.40. The molecule has 0 aliphatic carbocycles. The van der Waals surface area contributed by atoms with Gasteiger partial charge in [0.15, 0.2) is 0 Å². The summed E-state index contributed by atoms with van der Waals surface area (Å²) in [6.45, 7) is 8.19. The van der Waals surface area contributed by atoms with E-state index in [1.807, 2.05) is 42.5 Å². The van der Waals surface area contributed by atoms with E-state index < -0.39 is 0 Å². The molecule has 0 aliphatic heterocycles. The molecule has 0 heterocycles. The van der Waals surface area contributed by atoms with Gasteiger partial charge in [-0.1, -0.05) is 56.3 Å². The van der Waals surface area contributed by atoms with Crippen molar-refractivity contribution < 1.29 is 4.79 Å². The van der Waals surface area contributed by atoms with Crippen LogP contribution in [0.4, 0.5) is 0 Å².